The molecule has 0 atom stereocenters. The Morgan fingerprint density at radius 1 is 0.773 bits per heavy atom. The van der Waals surface area contributed by atoms with Crippen LogP contribution in [0, 0.1) is 0 Å². The Balaban J connectivity index is 2.00. The van der Waals surface area contributed by atoms with Gasteiger partial charge in [0.1, 0.15) is 0 Å². The van der Waals surface area contributed by atoms with Crippen molar-refractivity contribution in [1.82, 2.24) is 0 Å². The summed E-state index contributed by atoms with van der Waals surface area (Å²) in [6.07, 6.45) is 0. The molecule has 1 N–H and O–H groups in total. The number of aliphatic imine (C=N–C) groups is 1. The van der Waals surface area contributed by atoms with Gasteiger partial charge in [0, 0.05) is 21.8 Å². The number of nitrogens with zero attached hydrogens (tertiary/aromatic N) is 1. The van der Waals surface area contributed by atoms with E-state index >= 15 is 0 Å². The zero-order valence-corrected chi connectivity index (χ0v) is 12.5. The molecule has 0 spiro atoms. The van der Waals surface area contributed by atoms with Crippen molar-refractivity contribution in [2.24, 2.45) is 4.99 Å². The largest absolute Gasteiger partial charge is 0.353 e. The molecule has 0 unspecified atom stereocenters. The molecule has 3 aromatic carbocycles. The zero-order chi connectivity index (χ0) is 14.9. The van der Waals surface area contributed by atoms with Crippen molar-refractivity contribution >= 4 is 34.4 Å². The molecule has 2 nitrogen and oxygen atoms in total. The van der Waals surface area contributed by atoms with E-state index in [0.29, 0.717) is 5.02 Å². The molecule has 0 fully saturated rings. The molecule has 0 amide bonds. The van der Waals surface area contributed by atoms with Gasteiger partial charge in [-0.25, -0.2) is 4.99 Å². The number of fused-ring (bicyclic) bond motifs is 2. The number of benzene rings is 3. The first kappa shape index (κ1) is 13.1. The fourth-order valence-electron chi connectivity index (χ4n) is 2.64. The van der Waals surface area contributed by atoms with Crippen LogP contribution in [0.5, 0.6) is 0 Å². The normalized spacial score (nSPS) is 12.5. The first-order valence-electron chi connectivity index (χ1n) is 7.11. The topological polar surface area (TPSA) is 24.4 Å². The first-order valence-corrected chi connectivity index (χ1v) is 7.49. The number of para-hydroxylation sites is 1. The Hall–Kier alpha value is -2.58. The van der Waals surface area contributed by atoms with Crippen molar-refractivity contribution in [2.75, 3.05) is 5.32 Å². The van der Waals surface area contributed by atoms with Crippen LogP contribution >= 0.6 is 11.6 Å². The van der Waals surface area contributed by atoms with Gasteiger partial charge in [-0.15, -0.1) is 0 Å². The van der Waals surface area contributed by atoms with E-state index < -0.39 is 0 Å². The summed E-state index contributed by atoms with van der Waals surface area (Å²) >= 11 is 6.14. The van der Waals surface area contributed by atoms with E-state index in [1.165, 1.54) is 0 Å². The van der Waals surface area contributed by atoms with Crippen molar-refractivity contribution in [2.45, 2.75) is 0 Å². The highest BCUT2D eigenvalue weighted by atomic mass is 35.5. The lowest BCUT2D eigenvalue weighted by molar-refractivity contribution is 1.50. The number of hydrogen-bond acceptors (Lipinski definition) is 2. The number of halogens is 1. The summed E-state index contributed by atoms with van der Waals surface area (Å²) in [6, 6.07) is 24.1. The lowest BCUT2D eigenvalue weighted by Crippen LogP contribution is -2.04. The van der Waals surface area contributed by atoms with Gasteiger partial charge in [0.2, 0.25) is 0 Å². The minimum absolute atomic E-state index is 0.683. The number of nitrogens with one attached hydrogen (secondary N) is 1. The molecule has 1 heterocycles. The van der Waals surface area contributed by atoms with Crippen LogP contribution in [0.4, 0.5) is 17.1 Å². The highest BCUT2D eigenvalue weighted by Crippen LogP contribution is 2.36. The fraction of sp³-hybridized carbons (Fsp3) is 0. The Bertz CT molecular complexity index is 870. The SMILES string of the molecule is Clc1ccc2c(c1)N=C(c1ccccc1)c1ccccc1N2. The highest BCUT2D eigenvalue weighted by molar-refractivity contribution is 6.31. The Morgan fingerprint density at radius 3 is 2.41 bits per heavy atom. The van der Waals surface area contributed by atoms with E-state index in [9.17, 15) is 0 Å². The fourth-order valence-corrected chi connectivity index (χ4v) is 2.81. The highest BCUT2D eigenvalue weighted by Gasteiger charge is 2.17. The number of rotatable bonds is 1. The Kier molecular flexibility index (Phi) is 3.17. The van der Waals surface area contributed by atoms with E-state index in [0.717, 1.165) is 33.9 Å². The van der Waals surface area contributed by atoms with Crippen LogP contribution in [0.2, 0.25) is 5.02 Å². The first-order chi connectivity index (χ1) is 10.8. The van der Waals surface area contributed by atoms with Gasteiger partial charge in [-0.3, -0.25) is 0 Å². The van der Waals surface area contributed by atoms with Gasteiger partial charge in [0.25, 0.3) is 0 Å². The van der Waals surface area contributed by atoms with Gasteiger partial charge in [0.15, 0.2) is 0 Å². The van der Waals surface area contributed by atoms with Crippen LogP contribution in [0.15, 0.2) is 77.8 Å². The quantitative estimate of drug-likeness (QED) is 0.488. The van der Waals surface area contributed by atoms with Crippen LogP contribution in [-0.4, -0.2) is 5.71 Å². The van der Waals surface area contributed by atoms with Gasteiger partial charge in [-0.2, -0.15) is 0 Å². The summed E-state index contributed by atoms with van der Waals surface area (Å²) < 4.78 is 0. The molecular weight excluding hydrogens is 292 g/mol. The molecule has 106 valence electrons. The predicted octanol–water partition coefficient (Wildman–Crippen LogP) is 5.57. The monoisotopic (exact) mass is 304 g/mol. The summed E-state index contributed by atoms with van der Waals surface area (Å²) in [5.41, 5.74) is 5.98. The van der Waals surface area contributed by atoms with Crippen LogP contribution in [-0.2, 0) is 0 Å². The second-order valence-electron chi connectivity index (χ2n) is 5.16. The summed E-state index contributed by atoms with van der Waals surface area (Å²) in [5.74, 6) is 0. The molecule has 0 aromatic heterocycles. The summed E-state index contributed by atoms with van der Waals surface area (Å²) in [6.45, 7) is 0. The van der Waals surface area contributed by atoms with E-state index in [-0.39, 0.29) is 0 Å². The molecule has 0 bridgehead atoms. The second kappa shape index (κ2) is 5.32. The molecule has 1 aliphatic heterocycles. The van der Waals surface area contributed by atoms with E-state index in [4.69, 9.17) is 16.6 Å². The molecular formula is C19H13ClN2. The predicted molar refractivity (Wildman–Crippen MR) is 92.9 cm³/mol. The molecule has 3 aromatic rings. The minimum atomic E-state index is 0.683. The number of hydrogen-bond donors (Lipinski definition) is 1. The van der Waals surface area contributed by atoms with E-state index in [1.54, 1.807) is 0 Å². The third kappa shape index (κ3) is 2.28. The van der Waals surface area contributed by atoms with E-state index in [2.05, 4.69) is 29.6 Å². The maximum atomic E-state index is 6.14. The van der Waals surface area contributed by atoms with Gasteiger partial charge in [0.05, 0.1) is 17.1 Å². The molecule has 0 saturated carbocycles. The smallest absolute Gasteiger partial charge is 0.0887 e. The van der Waals surface area contributed by atoms with E-state index in [1.807, 2.05) is 48.5 Å². The molecule has 4 rings (SSSR count). The minimum Gasteiger partial charge on any atom is -0.353 e. The van der Waals surface area contributed by atoms with Crippen molar-refractivity contribution < 1.29 is 0 Å². The van der Waals surface area contributed by atoms with Crippen molar-refractivity contribution in [3.8, 4) is 0 Å². The van der Waals surface area contributed by atoms with Crippen molar-refractivity contribution in [1.29, 1.82) is 0 Å². The van der Waals surface area contributed by atoms with Crippen LogP contribution in [0.1, 0.15) is 11.1 Å². The zero-order valence-electron chi connectivity index (χ0n) is 11.8. The Morgan fingerprint density at radius 2 is 1.55 bits per heavy atom. The second-order valence-corrected chi connectivity index (χ2v) is 5.59. The van der Waals surface area contributed by atoms with Gasteiger partial charge in [-0.1, -0.05) is 60.1 Å². The number of anilines is 2. The van der Waals surface area contributed by atoms with Crippen molar-refractivity contribution in [3.05, 3.63) is 88.9 Å². The Labute approximate surface area is 134 Å². The summed E-state index contributed by atoms with van der Waals surface area (Å²) in [5, 5.41) is 4.14. The molecule has 0 radical (unpaired) electrons. The average molecular weight is 305 g/mol. The van der Waals surface area contributed by atoms with Crippen LogP contribution < -0.4 is 5.32 Å². The lowest BCUT2D eigenvalue weighted by atomic mass is 10.0. The van der Waals surface area contributed by atoms with Crippen LogP contribution in [0.3, 0.4) is 0 Å². The average Bonchev–Trinajstić information content (AvgIpc) is 2.72. The van der Waals surface area contributed by atoms with Crippen LogP contribution in [0.25, 0.3) is 0 Å². The van der Waals surface area contributed by atoms with Gasteiger partial charge >= 0.3 is 0 Å². The third-order valence-electron chi connectivity index (χ3n) is 3.69. The lowest BCUT2D eigenvalue weighted by Gasteiger charge is -2.10. The molecule has 0 aliphatic carbocycles. The summed E-state index contributed by atoms with van der Waals surface area (Å²) in [7, 11) is 0. The maximum Gasteiger partial charge on any atom is 0.0887 e. The molecule has 3 heteroatoms. The van der Waals surface area contributed by atoms with Gasteiger partial charge in [-0.05, 0) is 24.3 Å². The van der Waals surface area contributed by atoms with Gasteiger partial charge < -0.3 is 5.32 Å². The van der Waals surface area contributed by atoms with Crippen molar-refractivity contribution in [3.63, 3.8) is 0 Å². The molecule has 0 saturated heterocycles. The molecule has 1 aliphatic rings. The maximum absolute atomic E-state index is 6.14. The summed E-state index contributed by atoms with van der Waals surface area (Å²) in [4.78, 5) is 4.88. The third-order valence-corrected chi connectivity index (χ3v) is 3.93. The standard InChI is InChI=1S/C19H13ClN2/c20-14-10-11-17-18(12-14)22-19(13-6-2-1-3-7-13)15-8-4-5-9-16(15)21-17/h1-12,21H. The molecule has 22 heavy (non-hydrogen) atoms.